The summed E-state index contributed by atoms with van der Waals surface area (Å²) in [4.78, 5) is 14.0. The minimum atomic E-state index is -1.21. The van der Waals surface area contributed by atoms with Gasteiger partial charge in [0.25, 0.3) is 0 Å². The smallest absolute Gasteiger partial charge is 0.326 e. The van der Waals surface area contributed by atoms with E-state index in [4.69, 9.17) is 23.1 Å². The zero-order valence-electron chi connectivity index (χ0n) is 9.84. The van der Waals surface area contributed by atoms with Gasteiger partial charge in [-0.25, -0.2) is 4.99 Å². The van der Waals surface area contributed by atoms with Crippen molar-refractivity contribution in [1.29, 1.82) is 0 Å². The lowest BCUT2D eigenvalue weighted by molar-refractivity contribution is -0.416. The van der Waals surface area contributed by atoms with Crippen LogP contribution in [0.2, 0.25) is 5.02 Å². The van der Waals surface area contributed by atoms with Gasteiger partial charge < -0.3 is 11.1 Å². The van der Waals surface area contributed by atoms with Crippen LogP contribution in [0.5, 0.6) is 0 Å². The van der Waals surface area contributed by atoms with Crippen molar-refractivity contribution >= 4 is 17.4 Å². The number of benzene rings is 1. The molecule has 0 saturated heterocycles. The molecule has 0 radical (unpaired) electrons. The molecule has 1 aliphatic heterocycles. The maximum atomic E-state index is 10.7. The van der Waals surface area contributed by atoms with E-state index in [1.54, 1.807) is 18.2 Å². The summed E-state index contributed by atoms with van der Waals surface area (Å²) in [6.07, 6.45) is 1.46. The first kappa shape index (κ1) is 13.3. The molecule has 1 aromatic rings. The molecule has 5 N–H and O–H groups in total. The van der Waals surface area contributed by atoms with Crippen LogP contribution in [0.15, 0.2) is 41.2 Å². The van der Waals surface area contributed by atoms with E-state index in [0.29, 0.717) is 11.4 Å². The van der Waals surface area contributed by atoms with E-state index in [9.17, 15) is 10.1 Å². The minimum Gasteiger partial charge on any atom is -0.378 e. The Hall–Kier alpha value is -2.12. The Bertz CT molecular complexity index is 586. The largest absolute Gasteiger partial charge is 0.378 e. The van der Waals surface area contributed by atoms with Crippen molar-refractivity contribution < 1.29 is 4.92 Å². The second kappa shape index (κ2) is 4.87. The Morgan fingerprint density at radius 1 is 1.53 bits per heavy atom. The van der Waals surface area contributed by atoms with Gasteiger partial charge in [-0.2, -0.15) is 0 Å². The van der Waals surface area contributed by atoms with E-state index in [-0.39, 0.29) is 11.5 Å². The molecular weight excluding hydrogens is 270 g/mol. The summed E-state index contributed by atoms with van der Waals surface area (Å²) in [7, 11) is 0. The van der Waals surface area contributed by atoms with Gasteiger partial charge in [-0.05, 0) is 17.7 Å². The number of halogens is 1. The topological polar surface area (TPSA) is 120 Å². The van der Waals surface area contributed by atoms with Crippen LogP contribution in [0.4, 0.5) is 0 Å². The molecule has 0 saturated carbocycles. The highest BCUT2D eigenvalue weighted by Gasteiger charge is 2.32. The van der Waals surface area contributed by atoms with Crippen molar-refractivity contribution in [3.05, 3.63) is 56.9 Å². The molecule has 1 aromatic carbocycles. The fourth-order valence-corrected chi connectivity index (χ4v) is 1.98. The molecule has 2 rings (SSSR count). The number of nitrogens with zero attached hydrogens (tertiary/aromatic N) is 2. The van der Waals surface area contributed by atoms with Gasteiger partial charge in [0, 0.05) is 11.4 Å². The summed E-state index contributed by atoms with van der Waals surface area (Å²) in [5.74, 6) is -1.41. The summed E-state index contributed by atoms with van der Waals surface area (Å²) in [6.45, 7) is 0. The van der Waals surface area contributed by atoms with Crippen LogP contribution >= 0.6 is 11.6 Å². The Kier molecular flexibility index (Phi) is 3.41. The number of nitrogens with two attached hydrogens (primary N) is 2. The van der Waals surface area contributed by atoms with Crippen LogP contribution in [-0.2, 0) is 6.42 Å². The number of amidine groups is 1. The van der Waals surface area contributed by atoms with Crippen molar-refractivity contribution in [3.8, 4) is 0 Å². The SMILES string of the molecule is NC1=NC(N)(Cc2cccc(Cl)c2)NC=C1[N+](=O)[O-]. The van der Waals surface area contributed by atoms with Gasteiger partial charge in [0.05, 0.1) is 11.1 Å². The lowest BCUT2D eigenvalue weighted by Gasteiger charge is -2.28. The zero-order chi connectivity index (χ0) is 14.0. The predicted octanol–water partition coefficient (Wildman–Crippen LogP) is 0.574. The average Bonchev–Trinajstić information content (AvgIpc) is 2.27. The van der Waals surface area contributed by atoms with Crippen LogP contribution in [0.3, 0.4) is 0 Å². The highest BCUT2D eigenvalue weighted by Crippen LogP contribution is 2.18. The van der Waals surface area contributed by atoms with Crippen LogP contribution in [0.25, 0.3) is 0 Å². The summed E-state index contributed by atoms with van der Waals surface area (Å²) in [6, 6.07) is 7.11. The highest BCUT2D eigenvalue weighted by molar-refractivity contribution is 6.30. The summed E-state index contributed by atoms with van der Waals surface area (Å²) in [5.41, 5.74) is 12.1. The lowest BCUT2D eigenvalue weighted by atomic mass is 10.1. The van der Waals surface area contributed by atoms with Gasteiger partial charge in [-0.3, -0.25) is 15.8 Å². The van der Waals surface area contributed by atoms with Gasteiger partial charge in [0.15, 0.2) is 5.79 Å². The molecule has 0 amide bonds. The Morgan fingerprint density at radius 3 is 2.84 bits per heavy atom. The Morgan fingerprint density at radius 2 is 2.26 bits per heavy atom. The van der Waals surface area contributed by atoms with Crippen molar-refractivity contribution in [2.75, 3.05) is 0 Å². The number of hydrogen-bond acceptors (Lipinski definition) is 6. The zero-order valence-corrected chi connectivity index (χ0v) is 10.6. The van der Waals surface area contributed by atoms with E-state index >= 15 is 0 Å². The normalized spacial score (nSPS) is 22.2. The molecule has 100 valence electrons. The number of nitro groups is 1. The predicted molar refractivity (Wildman–Crippen MR) is 71.9 cm³/mol. The van der Waals surface area contributed by atoms with Crippen molar-refractivity contribution in [2.24, 2.45) is 16.5 Å². The molecule has 1 atom stereocenters. The van der Waals surface area contributed by atoms with Crippen LogP contribution in [0, 0.1) is 10.1 Å². The summed E-state index contributed by atoms with van der Waals surface area (Å²) >= 11 is 5.88. The molecule has 8 heteroatoms. The molecule has 1 heterocycles. The number of nitrogens with one attached hydrogen (secondary N) is 1. The standard InChI is InChI=1S/C11H12ClN5O2/c12-8-3-1-2-7(4-8)5-11(14)15-6-9(17(18)19)10(13)16-11/h1-4,6,15H,5,14H2,(H2,13,16). The van der Waals surface area contributed by atoms with E-state index in [2.05, 4.69) is 10.3 Å². The van der Waals surface area contributed by atoms with E-state index in [1.165, 1.54) is 0 Å². The third-order valence-corrected chi connectivity index (χ3v) is 2.84. The molecule has 7 nitrogen and oxygen atoms in total. The number of aliphatic imine (C=N–C) groups is 1. The second-order valence-corrected chi connectivity index (χ2v) is 4.60. The minimum absolute atomic E-state index is 0.201. The second-order valence-electron chi connectivity index (χ2n) is 4.16. The third kappa shape index (κ3) is 3.01. The van der Waals surface area contributed by atoms with Gasteiger partial charge in [-0.1, -0.05) is 23.7 Å². The highest BCUT2D eigenvalue weighted by atomic mass is 35.5. The molecule has 0 aromatic heterocycles. The average molecular weight is 282 g/mol. The summed E-state index contributed by atoms with van der Waals surface area (Å²) in [5, 5.41) is 13.9. The summed E-state index contributed by atoms with van der Waals surface area (Å²) < 4.78 is 0. The monoisotopic (exact) mass is 281 g/mol. The third-order valence-electron chi connectivity index (χ3n) is 2.60. The quantitative estimate of drug-likeness (QED) is 0.553. The fourth-order valence-electron chi connectivity index (χ4n) is 1.77. The van der Waals surface area contributed by atoms with Crippen LogP contribution < -0.4 is 16.8 Å². The molecule has 0 spiro atoms. The van der Waals surface area contributed by atoms with Crippen molar-refractivity contribution in [2.45, 2.75) is 12.2 Å². The van der Waals surface area contributed by atoms with Crippen LogP contribution in [0.1, 0.15) is 5.56 Å². The maximum absolute atomic E-state index is 10.7. The Balaban J connectivity index is 2.21. The van der Waals surface area contributed by atoms with E-state index < -0.39 is 10.7 Å². The molecule has 0 bridgehead atoms. The van der Waals surface area contributed by atoms with Crippen LogP contribution in [-0.4, -0.2) is 16.5 Å². The first-order valence-corrected chi connectivity index (χ1v) is 5.79. The maximum Gasteiger partial charge on any atom is 0.326 e. The van der Waals surface area contributed by atoms with E-state index in [1.807, 2.05) is 6.07 Å². The van der Waals surface area contributed by atoms with Gasteiger partial charge in [0.1, 0.15) is 0 Å². The van der Waals surface area contributed by atoms with E-state index in [0.717, 1.165) is 11.8 Å². The number of rotatable bonds is 3. The molecule has 19 heavy (non-hydrogen) atoms. The van der Waals surface area contributed by atoms with Gasteiger partial charge in [-0.15, -0.1) is 0 Å². The van der Waals surface area contributed by atoms with Crippen molar-refractivity contribution in [3.63, 3.8) is 0 Å². The molecule has 1 unspecified atom stereocenters. The number of hydrogen-bond donors (Lipinski definition) is 3. The first-order chi connectivity index (χ1) is 8.89. The molecule has 0 fully saturated rings. The Labute approximate surface area is 114 Å². The van der Waals surface area contributed by atoms with Crippen molar-refractivity contribution in [1.82, 2.24) is 5.32 Å². The van der Waals surface area contributed by atoms with Gasteiger partial charge in [0.2, 0.25) is 5.84 Å². The lowest BCUT2D eigenvalue weighted by Crippen LogP contribution is -2.55. The van der Waals surface area contributed by atoms with Gasteiger partial charge >= 0.3 is 5.70 Å². The molecule has 1 aliphatic rings. The molecular formula is C11H12ClN5O2. The fraction of sp³-hybridized carbons (Fsp3) is 0.182. The molecule has 0 aliphatic carbocycles. The first-order valence-electron chi connectivity index (χ1n) is 5.41.